The number of aromatic nitrogens is 2. The van der Waals surface area contributed by atoms with Gasteiger partial charge in [-0.1, -0.05) is 54.1 Å². The Balaban J connectivity index is 1.22. The Kier molecular flexibility index (Phi) is 7.89. The minimum absolute atomic E-state index is 0.0111. The standard InChI is InChI=1S/C33H31ClN4O3/c1-40-29-9-5-8-25(20-29)33-30(38-21-26(10-15-31(38)35-33)24-6-3-2-4-7-24)22-36-16-18-37(19-17-36)32(39)23-41-28-13-11-27(34)12-14-28/h2-15,20-21H,16-19,22-23H2,1H3. The van der Waals surface area contributed by atoms with Gasteiger partial charge in [0.25, 0.3) is 5.91 Å². The Labute approximate surface area is 244 Å². The van der Waals surface area contributed by atoms with Gasteiger partial charge in [0.05, 0.1) is 18.5 Å². The maximum atomic E-state index is 12.8. The third-order valence-corrected chi connectivity index (χ3v) is 7.69. The Bertz CT molecular complexity index is 1640. The smallest absolute Gasteiger partial charge is 0.260 e. The molecule has 1 aliphatic rings. The number of piperazine rings is 1. The van der Waals surface area contributed by atoms with Gasteiger partial charge in [-0.3, -0.25) is 9.69 Å². The van der Waals surface area contributed by atoms with Crippen LogP contribution in [0.5, 0.6) is 11.5 Å². The number of carbonyl (C=O) groups excluding carboxylic acids is 1. The molecule has 0 N–H and O–H groups in total. The summed E-state index contributed by atoms with van der Waals surface area (Å²) in [6.45, 7) is 3.52. The van der Waals surface area contributed by atoms with Gasteiger partial charge in [-0.05, 0) is 59.7 Å². The molecule has 1 fully saturated rings. The van der Waals surface area contributed by atoms with E-state index in [9.17, 15) is 4.79 Å². The summed E-state index contributed by atoms with van der Waals surface area (Å²) in [6.07, 6.45) is 2.17. The lowest BCUT2D eigenvalue weighted by Crippen LogP contribution is -2.49. The van der Waals surface area contributed by atoms with E-state index in [2.05, 4.69) is 58.0 Å². The summed E-state index contributed by atoms with van der Waals surface area (Å²) in [6, 6.07) is 29.7. The minimum Gasteiger partial charge on any atom is -0.497 e. The zero-order chi connectivity index (χ0) is 28.2. The van der Waals surface area contributed by atoms with Crippen LogP contribution in [-0.4, -0.2) is 65.0 Å². The fourth-order valence-electron chi connectivity index (χ4n) is 5.18. The first kappa shape index (κ1) is 26.9. The molecule has 3 aromatic carbocycles. The lowest BCUT2D eigenvalue weighted by molar-refractivity contribution is -0.135. The molecule has 5 aromatic rings. The van der Waals surface area contributed by atoms with Crippen molar-refractivity contribution in [1.82, 2.24) is 19.2 Å². The van der Waals surface area contributed by atoms with Crippen LogP contribution in [0.1, 0.15) is 5.69 Å². The van der Waals surface area contributed by atoms with E-state index in [-0.39, 0.29) is 12.5 Å². The Morgan fingerprint density at radius 1 is 0.829 bits per heavy atom. The maximum absolute atomic E-state index is 12.8. The van der Waals surface area contributed by atoms with Gasteiger partial charge in [-0.15, -0.1) is 0 Å². The number of ether oxygens (including phenoxy) is 2. The SMILES string of the molecule is COc1cccc(-c2nc3ccc(-c4ccccc4)cn3c2CN2CCN(C(=O)COc3ccc(Cl)cc3)CC2)c1. The van der Waals surface area contributed by atoms with E-state index < -0.39 is 0 Å². The largest absolute Gasteiger partial charge is 0.497 e. The van der Waals surface area contributed by atoms with Crippen LogP contribution in [0.3, 0.4) is 0 Å². The molecule has 0 radical (unpaired) electrons. The van der Waals surface area contributed by atoms with Crippen LogP contribution in [0.2, 0.25) is 5.02 Å². The molecule has 1 saturated heterocycles. The second kappa shape index (κ2) is 12.0. The summed E-state index contributed by atoms with van der Waals surface area (Å²) in [5.74, 6) is 1.41. The maximum Gasteiger partial charge on any atom is 0.260 e. The Morgan fingerprint density at radius 2 is 1.59 bits per heavy atom. The molecule has 1 amide bonds. The molecule has 0 saturated carbocycles. The first-order valence-corrected chi connectivity index (χ1v) is 14.0. The number of hydrogen-bond donors (Lipinski definition) is 0. The summed E-state index contributed by atoms with van der Waals surface area (Å²) in [5, 5.41) is 0.636. The molecule has 2 aromatic heterocycles. The molecule has 8 heteroatoms. The van der Waals surface area contributed by atoms with Crippen molar-refractivity contribution >= 4 is 23.2 Å². The molecule has 0 aliphatic carbocycles. The second-order valence-corrected chi connectivity index (χ2v) is 10.5. The van der Waals surface area contributed by atoms with Gasteiger partial charge in [-0.2, -0.15) is 0 Å². The van der Waals surface area contributed by atoms with E-state index in [0.29, 0.717) is 30.4 Å². The highest BCUT2D eigenvalue weighted by atomic mass is 35.5. The van der Waals surface area contributed by atoms with Crippen molar-refractivity contribution in [3.63, 3.8) is 0 Å². The van der Waals surface area contributed by atoms with E-state index >= 15 is 0 Å². The van der Waals surface area contributed by atoms with Crippen LogP contribution in [0.4, 0.5) is 0 Å². The molecule has 208 valence electrons. The van der Waals surface area contributed by atoms with Crippen LogP contribution in [0.25, 0.3) is 28.0 Å². The fourth-order valence-corrected chi connectivity index (χ4v) is 5.31. The molecular formula is C33H31ClN4O3. The summed E-state index contributed by atoms with van der Waals surface area (Å²) >= 11 is 5.94. The highest BCUT2D eigenvalue weighted by Crippen LogP contribution is 2.30. The number of fused-ring (bicyclic) bond motifs is 1. The van der Waals surface area contributed by atoms with Crippen molar-refractivity contribution in [2.24, 2.45) is 0 Å². The third kappa shape index (κ3) is 6.06. The third-order valence-electron chi connectivity index (χ3n) is 7.44. The molecule has 0 unspecified atom stereocenters. The number of methoxy groups -OCH3 is 1. The van der Waals surface area contributed by atoms with E-state index in [4.69, 9.17) is 26.1 Å². The lowest BCUT2D eigenvalue weighted by Gasteiger charge is -2.34. The minimum atomic E-state index is -0.0148. The van der Waals surface area contributed by atoms with E-state index in [1.807, 2.05) is 29.2 Å². The first-order chi connectivity index (χ1) is 20.1. The molecule has 1 aliphatic heterocycles. The fraction of sp³-hybridized carbons (Fsp3) is 0.212. The van der Waals surface area contributed by atoms with Crippen molar-refractivity contribution in [2.45, 2.75) is 6.54 Å². The van der Waals surface area contributed by atoms with E-state index in [1.165, 1.54) is 0 Å². The molecule has 6 rings (SSSR count). The number of benzene rings is 3. The van der Waals surface area contributed by atoms with Crippen molar-refractivity contribution in [3.05, 3.63) is 108 Å². The summed E-state index contributed by atoms with van der Waals surface area (Å²) in [5.41, 5.74) is 6.24. The van der Waals surface area contributed by atoms with Crippen LogP contribution in [-0.2, 0) is 11.3 Å². The number of amides is 1. The molecule has 3 heterocycles. The average molecular weight is 567 g/mol. The molecule has 0 atom stereocenters. The summed E-state index contributed by atoms with van der Waals surface area (Å²) in [4.78, 5) is 22.1. The molecule has 0 bridgehead atoms. The Morgan fingerprint density at radius 3 is 2.34 bits per heavy atom. The van der Waals surface area contributed by atoms with Gasteiger partial charge >= 0.3 is 0 Å². The molecule has 0 spiro atoms. The van der Waals surface area contributed by atoms with Crippen molar-refractivity contribution in [1.29, 1.82) is 0 Å². The van der Waals surface area contributed by atoms with Gasteiger partial charge in [0.15, 0.2) is 6.61 Å². The second-order valence-electron chi connectivity index (χ2n) is 10.1. The zero-order valence-electron chi connectivity index (χ0n) is 22.9. The molecular weight excluding hydrogens is 536 g/mol. The summed E-state index contributed by atoms with van der Waals surface area (Å²) < 4.78 is 13.4. The highest BCUT2D eigenvalue weighted by molar-refractivity contribution is 6.30. The van der Waals surface area contributed by atoms with Gasteiger partial charge in [0.2, 0.25) is 0 Å². The van der Waals surface area contributed by atoms with Crippen molar-refractivity contribution < 1.29 is 14.3 Å². The van der Waals surface area contributed by atoms with E-state index in [1.54, 1.807) is 31.4 Å². The number of carbonyl (C=O) groups is 1. The number of halogens is 1. The normalized spacial score (nSPS) is 13.9. The predicted octanol–water partition coefficient (Wildman–Crippen LogP) is 6.05. The van der Waals surface area contributed by atoms with E-state index in [0.717, 1.165) is 52.6 Å². The highest BCUT2D eigenvalue weighted by Gasteiger charge is 2.24. The molecule has 7 nitrogen and oxygen atoms in total. The van der Waals surface area contributed by atoms with Crippen LogP contribution < -0.4 is 9.47 Å². The van der Waals surface area contributed by atoms with Crippen LogP contribution >= 0.6 is 11.6 Å². The quantitative estimate of drug-likeness (QED) is 0.229. The zero-order valence-corrected chi connectivity index (χ0v) is 23.6. The van der Waals surface area contributed by atoms with Crippen LogP contribution in [0, 0.1) is 0 Å². The topological polar surface area (TPSA) is 59.3 Å². The number of rotatable bonds is 8. The van der Waals surface area contributed by atoms with Gasteiger partial charge in [0, 0.05) is 49.5 Å². The van der Waals surface area contributed by atoms with Crippen molar-refractivity contribution in [3.8, 4) is 33.9 Å². The van der Waals surface area contributed by atoms with Gasteiger partial charge in [0.1, 0.15) is 17.1 Å². The number of pyridine rings is 1. The van der Waals surface area contributed by atoms with Gasteiger partial charge < -0.3 is 18.8 Å². The van der Waals surface area contributed by atoms with Gasteiger partial charge in [-0.25, -0.2) is 4.98 Å². The number of nitrogens with zero attached hydrogens (tertiary/aromatic N) is 4. The van der Waals surface area contributed by atoms with Crippen molar-refractivity contribution in [2.75, 3.05) is 39.9 Å². The predicted molar refractivity (Wildman–Crippen MR) is 161 cm³/mol. The monoisotopic (exact) mass is 566 g/mol. The molecule has 41 heavy (non-hydrogen) atoms. The lowest BCUT2D eigenvalue weighted by atomic mass is 10.1. The first-order valence-electron chi connectivity index (χ1n) is 13.7. The number of imidazole rings is 1. The van der Waals surface area contributed by atoms with Crippen LogP contribution in [0.15, 0.2) is 97.2 Å². The summed E-state index contributed by atoms with van der Waals surface area (Å²) in [7, 11) is 1.68. The average Bonchev–Trinajstić information content (AvgIpc) is 3.39. The number of hydrogen-bond acceptors (Lipinski definition) is 5. The Hall–Kier alpha value is -4.33.